The minimum Gasteiger partial charge on any atom is -0.489 e. The maximum atomic E-state index is 10.1. The van der Waals surface area contributed by atoms with Gasteiger partial charge in [-0.05, 0) is 101 Å². The van der Waals surface area contributed by atoms with E-state index in [0.717, 1.165) is 43.1 Å². The number of hydrogen-bond acceptors (Lipinski definition) is 5. The smallest absolute Gasteiger partial charge is 0.119 e. The first-order valence-corrected chi connectivity index (χ1v) is 15.0. The van der Waals surface area contributed by atoms with Crippen LogP contribution in [0.4, 0.5) is 0 Å². The van der Waals surface area contributed by atoms with Crippen molar-refractivity contribution in [2.45, 2.75) is 82.5 Å². The fourth-order valence-corrected chi connectivity index (χ4v) is 5.57. The number of aldehydes is 1. The van der Waals surface area contributed by atoms with Gasteiger partial charge in [0.25, 0.3) is 0 Å². The fraction of sp³-hybridized carbons (Fsp3) is 0.581. The van der Waals surface area contributed by atoms with E-state index in [1.54, 1.807) is 0 Å². The van der Waals surface area contributed by atoms with Crippen molar-refractivity contribution < 1.29 is 9.53 Å². The van der Waals surface area contributed by atoms with Crippen LogP contribution in [0.25, 0.3) is 0 Å². The summed E-state index contributed by atoms with van der Waals surface area (Å²) in [6.07, 6.45) is 15.1. The summed E-state index contributed by atoms with van der Waals surface area (Å²) in [5, 5.41) is 7.30. The third-order valence-corrected chi connectivity index (χ3v) is 7.88. The summed E-state index contributed by atoms with van der Waals surface area (Å²) < 4.78 is 5.74. The van der Waals surface area contributed by atoms with Crippen LogP contribution in [0.2, 0.25) is 0 Å². The van der Waals surface area contributed by atoms with Gasteiger partial charge in [-0.2, -0.15) is 11.8 Å². The lowest BCUT2D eigenvalue weighted by Gasteiger charge is -2.20. The van der Waals surface area contributed by atoms with Crippen molar-refractivity contribution in [1.82, 2.24) is 10.6 Å². The summed E-state index contributed by atoms with van der Waals surface area (Å²) in [4.78, 5) is 10.1. The molecule has 5 heteroatoms. The Morgan fingerprint density at radius 2 is 1.64 bits per heavy atom. The normalized spacial score (nSPS) is 15.2. The summed E-state index contributed by atoms with van der Waals surface area (Å²) in [7, 11) is 1.97. The van der Waals surface area contributed by atoms with Gasteiger partial charge in [0, 0.05) is 11.7 Å². The maximum Gasteiger partial charge on any atom is 0.119 e. The lowest BCUT2D eigenvalue weighted by atomic mass is 10.0. The number of nitrogens with one attached hydrogen (secondary N) is 2. The lowest BCUT2D eigenvalue weighted by Crippen LogP contribution is -2.10. The highest BCUT2D eigenvalue weighted by Gasteiger charge is 2.12. The van der Waals surface area contributed by atoms with Crippen molar-refractivity contribution in [3.63, 3.8) is 0 Å². The standard InChI is InChI=1S/C16H19NO.C11H20OS.C4H9N/c1-17-12-11-14-7-9-16(10-8-14)18-13-15-5-3-2-4-6-15;12-9-5-2-6-10-13-11-7-3-1-4-8-11;1-2-4-5-3-1/h2-10,17H,11-13H2,1H3;9,11H,1-8,10H2;5H,1-4H2. The molecule has 1 saturated heterocycles. The van der Waals surface area contributed by atoms with Gasteiger partial charge in [0.15, 0.2) is 0 Å². The Morgan fingerprint density at radius 3 is 2.25 bits per heavy atom. The number of carbonyl (C=O) groups is 1. The molecule has 200 valence electrons. The molecule has 0 spiro atoms. The highest BCUT2D eigenvalue weighted by molar-refractivity contribution is 7.99. The number of likely N-dealkylation sites (N-methyl/N-ethyl adjacent to an activating group) is 1. The molecular weight excluding hydrogens is 464 g/mol. The Kier molecular flexibility index (Phi) is 18.0. The maximum absolute atomic E-state index is 10.1. The predicted molar refractivity (Wildman–Crippen MR) is 156 cm³/mol. The molecule has 1 aliphatic heterocycles. The predicted octanol–water partition coefficient (Wildman–Crippen LogP) is 6.82. The molecule has 0 aromatic heterocycles. The zero-order valence-electron chi connectivity index (χ0n) is 22.4. The zero-order chi connectivity index (χ0) is 25.5. The first-order chi connectivity index (χ1) is 17.8. The summed E-state index contributed by atoms with van der Waals surface area (Å²) in [6.45, 7) is 4.13. The zero-order valence-corrected chi connectivity index (χ0v) is 23.2. The lowest BCUT2D eigenvalue weighted by molar-refractivity contribution is -0.107. The molecule has 1 saturated carbocycles. The first kappa shape index (κ1) is 30.4. The molecule has 4 nitrogen and oxygen atoms in total. The number of ether oxygens (including phenoxy) is 1. The van der Waals surface area contributed by atoms with E-state index in [1.807, 2.05) is 37.4 Å². The molecule has 36 heavy (non-hydrogen) atoms. The third-order valence-electron chi connectivity index (χ3n) is 6.41. The highest BCUT2D eigenvalue weighted by atomic mass is 32.2. The van der Waals surface area contributed by atoms with Gasteiger partial charge >= 0.3 is 0 Å². The van der Waals surface area contributed by atoms with E-state index in [1.165, 1.54) is 81.3 Å². The van der Waals surface area contributed by atoms with Crippen molar-refractivity contribution in [2.75, 3.05) is 32.4 Å². The van der Waals surface area contributed by atoms with Crippen molar-refractivity contribution in [1.29, 1.82) is 0 Å². The Bertz CT molecular complexity index is 752. The second-order valence-electron chi connectivity index (χ2n) is 9.52. The Balaban J connectivity index is 0.000000220. The van der Waals surface area contributed by atoms with Crippen LogP contribution in [-0.2, 0) is 17.8 Å². The number of benzene rings is 2. The topological polar surface area (TPSA) is 50.4 Å². The van der Waals surface area contributed by atoms with Gasteiger partial charge in [0.1, 0.15) is 18.6 Å². The number of rotatable bonds is 12. The number of thioether (sulfide) groups is 1. The van der Waals surface area contributed by atoms with Gasteiger partial charge < -0.3 is 20.2 Å². The SMILES string of the molecule is C1CCNC1.CNCCc1ccc(OCc2ccccc2)cc1.O=CCCCCSC1CCCCC1. The summed E-state index contributed by atoms with van der Waals surface area (Å²) >= 11 is 2.13. The van der Waals surface area contributed by atoms with Gasteiger partial charge in [-0.3, -0.25) is 0 Å². The Morgan fingerprint density at radius 1 is 0.917 bits per heavy atom. The third kappa shape index (κ3) is 15.3. The molecule has 2 fully saturated rings. The number of unbranched alkanes of at least 4 members (excludes halogenated alkanes) is 2. The van der Waals surface area contributed by atoms with Crippen LogP contribution in [0, 0.1) is 0 Å². The number of carbonyl (C=O) groups excluding carboxylic acids is 1. The Labute approximate surface area is 224 Å². The van der Waals surface area contributed by atoms with E-state index in [-0.39, 0.29) is 0 Å². The molecule has 2 aliphatic rings. The molecule has 2 aromatic rings. The van der Waals surface area contributed by atoms with Crippen LogP contribution < -0.4 is 15.4 Å². The molecule has 2 aromatic carbocycles. The van der Waals surface area contributed by atoms with E-state index >= 15 is 0 Å². The minimum atomic E-state index is 0.622. The number of hydrogen-bond donors (Lipinski definition) is 2. The van der Waals surface area contributed by atoms with Gasteiger partial charge in [-0.25, -0.2) is 0 Å². The monoisotopic (exact) mass is 512 g/mol. The van der Waals surface area contributed by atoms with E-state index in [4.69, 9.17) is 4.74 Å². The van der Waals surface area contributed by atoms with Crippen LogP contribution >= 0.6 is 11.8 Å². The quantitative estimate of drug-likeness (QED) is 0.241. The van der Waals surface area contributed by atoms with Crippen molar-refractivity contribution in [2.24, 2.45) is 0 Å². The summed E-state index contributed by atoms with van der Waals surface area (Å²) in [6, 6.07) is 18.5. The highest BCUT2D eigenvalue weighted by Crippen LogP contribution is 2.28. The average molecular weight is 513 g/mol. The average Bonchev–Trinajstić information content (AvgIpc) is 3.53. The molecule has 0 bridgehead atoms. The summed E-state index contributed by atoms with van der Waals surface area (Å²) in [5.41, 5.74) is 2.52. The van der Waals surface area contributed by atoms with Gasteiger partial charge in [-0.15, -0.1) is 0 Å². The Hall–Kier alpha value is -1.82. The second-order valence-corrected chi connectivity index (χ2v) is 10.9. The second kappa shape index (κ2) is 21.3. The molecule has 0 radical (unpaired) electrons. The minimum absolute atomic E-state index is 0.622. The van der Waals surface area contributed by atoms with Gasteiger partial charge in [-0.1, -0.05) is 61.7 Å². The molecule has 1 heterocycles. The molecule has 0 unspecified atom stereocenters. The van der Waals surface area contributed by atoms with Crippen molar-refractivity contribution in [3.8, 4) is 5.75 Å². The van der Waals surface area contributed by atoms with E-state index < -0.39 is 0 Å². The first-order valence-electron chi connectivity index (χ1n) is 14.0. The van der Waals surface area contributed by atoms with E-state index in [0.29, 0.717) is 6.61 Å². The molecule has 4 rings (SSSR count). The molecule has 0 atom stereocenters. The van der Waals surface area contributed by atoms with Gasteiger partial charge in [0.2, 0.25) is 0 Å². The van der Waals surface area contributed by atoms with E-state index in [2.05, 4.69) is 46.7 Å². The molecule has 2 N–H and O–H groups in total. The van der Waals surface area contributed by atoms with Crippen LogP contribution in [0.15, 0.2) is 54.6 Å². The van der Waals surface area contributed by atoms with Crippen LogP contribution in [0.1, 0.15) is 75.3 Å². The molecule has 1 aliphatic carbocycles. The van der Waals surface area contributed by atoms with Crippen LogP contribution in [-0.4, -0.2) is 44.0 Å². The van der Waals surface area contributed by atoms with Crippen molar-refractivity contribution in [3.05, 3.63) is 65.7 Å². The van der Waals surface area contributed by atoms with Crippen LogP contribution in [0.3, 0.4) is 0 Å². The molecular formula is C31H48N2O2S. The van der Waals surface area contributed by atoms with Crippen LogP contribution in [0.5, 0.6) is 5.75 Å². The van der Waals surface area contributed by atoms with E-state index in [9.17, 15) is 4.79 Å². The fourth-order valence-electron chi connectivity index (χ4n) is 4.20. The molecule has 0 amide bonds. The van der Waals surface area contributed by atoms with Gasteiger partial charge in [0.05, 0.1) is 0 Å². The summed E-state index contributed by atoms with van der Waals surface area (Å²) in [5.74, 6) is 2.19. The largest absolute Gasteiger partial charge is 0.489 e. The van der Waals surface area contributed by atoms with Crippen molar-refractivity contribution >= 4 is 18.0 Å².